The number of hydrogen-bond donors (Lipinski definition) is 3. The first-order chi connectivity index (χ1) is 16.6. The summed E-state index contributed by atoms with van der Waals surface area (Å²) in [6.07, 6.45) is 0.288. The number of carbonyl (C=O) groups excluding carboxylic acids is 1. The maximum atomic E-state index is 13.0. The quantitative estimate of drug-likeness (QED) is 0.460. The van der Waals surface area contributed by atoms with Gasteiger partial charge in [0.05, 0.1) is 16.5 Å². The van der Waals surface area contributed by atoms with Gasteiger partial charge in [-0.15, -0.1) is 0 Å². The number of hydrogen-bond acceptors (Lipinski definition) is 5. The van der Waals surface area contributed by atoms with Gasteiger partial charge in [0, 0.05) is 41.4 Å². The molecule has 1 aliphatic heterocycles. The molecule has 4 rings (SSSR count). The van der Waals surface area contributed by atoms with E-state index in [0.29, 0.717) is 23.4 Å². The Balaban J connectivity index is 1.48. The summed E-state index contributed by atoms with van der Waals surface area (Å²) >= 11 is 0. The molecule has 1 atom stereocenters. The zero-order chi connectivity index (χ0) is 25.2. The van der Waals surface area contributed by atoms with Crippen molar-refractivity contribution < 1.29 is 13.2 Å². The number of sulfonamides is 1. The molecule has 0 unspecified atom stereocenters. The minimum atomic E-state index is -3.71. The Morgan fingerprint density at radius 3 is 2.49 bits per heavy atom. The van der Waals surface area contributed by atoms with E-state index in [1.54, 1.807) is 75.4 Å². The summed E-state index contributed by atoms with van der Waals surface area (Å²) in [5, 5.41) is 15.4. The molecule has 1 aliphatic rings. The molecule has 0 saturated carbocycles. The standard InChI is InChI=1S/C27H28N4O3S/c1-27(2,3)31-35(33,34)25-7-5-4-6-22(25)19-9-11-21(12-10-19)30-26(32)15-20-17-29-24-13-8-18(16-28)14-23(20)24/h4-14,20,29,31H,15,17H2,1-3H3,(H,30,32)/t20-/m1/s1. The van der Waals surface area contributed by atoms with Gasteiger partial charge in [-0.3, -0.25) is 4.79 Å². The van der Waals surface area contributed by atoms with E-state index in [4.69, 9.17) is 5.26 Å². The molecule has 1 amide bonds. The molecular weight excluding hydrogens is 460 g/mol. The van der Waals surface area contributed by atoms with Gasteiger partial charge < -0.3 is 10.6 Å². The van der Waals surface area contributed by atoms with Crippen molar-refractivity contribution in [3.8, 4) is 17.2 Å². The van der Waals surface area contributed by atoms with Gasteiger partial charge in [-0.1, -0.05) is 30.3 Å². The van der Waals surface area contributed by atoms with Crippen molar-refractivity contribution in [1.82, 2.24) is 4.72 Å². The first kappa shape index (κ1) is 24.5. The Bertz CT molecular complexity index is 1400. The van der Waals surface area contributed by atoms with Crippen LogP contribution < -0.4 is 15.4 Å². The van der Waals surface area contributed by atoms with Gasteiger partial charge in [-0.05, 0) is 68.3 Å². The SMILES string of the molecule is CC(C)(C)NS(=O)(=O)c1ccccc1-c1ccc(NC(=O)C[C@@H]2CNc3ccc(C#N)cc32)cc1. The monoisotopic (exact) mass is 488 g/mol. The molecule has 3 aromatic carbocycles. The molecule has 0 aliphatic carbocycles. The fraction of sp³-hybridized carbons (Fsp3) is 0.259. The van der Waals surface area contributed by atoms with Gasteiger partial charge in [-0.25, -0.2) is 13.1 Å². The third kappa shape index (κ3) is 5.70. The second-order valence-corrected chi connectivity index (χ2v) is 11.3. The second-order valence-electron chi connectivity index (χ2n) is 9.67. The highest BCUT2D eigenvalue weighted by Crippen LogP contribution is 2.34. The number of nitrogens with one attached hydrogen (secondary N) is 3. The van der Waals surface area contributed by atoms with Crippen molar-refractivity contribution in [2.45, 2.75) is 43.5 Å². The number of carbonyl (C=O) groups is 1. The van der Waals surface area contributed by atoms with Crippen LogP contribution in [0.1, 0.15) is 44.2 Å². The van der Waals surface area contributed by atoms with Gasteiger partial charge >= 0.3 is 0 Å². The highest BCUT2D eigenvalue weighted by molar-refractivity contribution is 7.89. The van der Waals surface area contributed by atoms with E-state index in [1.165, 1.54) is 0 Å². The molecular formula is C27H28N4O3S. The number of fused-ring (bicyclic) bond motifs is 1. The van der Waals surface area contributed by atoms with Crippen LogP contribution in [0.4, 0.5) is 11.4 Å². The van der Waals surface area contributed by atoms with Crippen molar-refractivity contribution in [2.24, 2.45) is 0 Å². The molecule has 35 heavy (non-hydrogen) atoms. The van der Waals surface area contributed by atoms with Crippen LogP contribution in [0.5, 0.6) is 0 Å². The first-order valence-electron chi connectivity index (χ1n) is 11.4. The average molecular weight is 489 g/mol. The van der Waals surface area contributed by atoms with Crippen molar-refractivity contribution in [3.05, 3.63) is 77.9 Å². The van der Waals surface area contributed by atoms with E-state index >= 15 is 0 Å². The van der Waals surface area contributed by atoms with Crippen molar-refractivity contribution in [2.75, 3.05) is 17.2 Å². The van der Waals surface area contributed by atoms with Crippen molar-refractivity contribution in [1.29, 1.82) is 5.26 Å². The summed E-state index contributed by atoms with van der Waals surface area (Å²) < 4.78 is 28.6. The molecule has 8 heteroatoms. The molecule has 3 N–H and O–H groups in total. The minimum absolute atomic E-state index is 0.00928. The molecule has 0 bridgehead atoms. The molecule has 3 aromatic rings. The fourth-order valence-corrected chi connectivity index (χ4v) is 5.87. The molecule has 0 saturated heterocycles. The lowest BCUT2D eigenvalue weighted by molar-refractivity contribution is -0.116. The summed E-state index contributed by atoms with van der Waals surface area (Å²) in [6.45, 7) is 6.04. The summed E-state index contributed by atoms with van der Waals surface area (Å²) in [5.41, 5.74) is 3.86. The highest BCUT2D eigenvalue weighted by Gasteiger charge is 2.26. The Hall–Kier alpha value is -3.67. The maximum absolute atomic E-state index is 13.0. The van der Waals surface area contributed by atoms with Crippen LogP contribution in [0, 0.1) is 11.3 Å². The highest BCUT2D eigenvalue weighted by atomic mass is 32.2. The smallest absolute Gasteiger partial charge is 0.241 e. The van der Waals surface area contributed by atoms with Crippen LogP contribution in [-0.2, 0) is 14.8 Å². The number of amides is 1. The van der Waals surface area contributed by atoms with Crippen LogP contribution in [0.25, 0.3) is 11.1 Å². The fourth-order valence-electron chi connectivity index (χ4n) is 4.22. The lowest BCUT2D eigenvalue weighted by Crippen LogP contribution is -2.40. The normalized spacial score (nSPS) is 15.1. The van der Waals surface area contributed by atoms with Gasteiger partial charge in [-0.2, -0.15) is 5.26 Å². The molecule has 0 spiro atoms. The molecule has 0 fully saturated rings. The Morgan fingerprint density at radius 2 is 1.80 bits per heavy atom. The van der Waals surface area contributed by atoms with Crippen molar-refractivity contribution in [3.63, 3.8) is 0 Å². The van der Waals surface area contributed by atoms with Crippen LogP contribution in [-0.4, -0.2) is 26.4 Å². The van der Waals surface area contributed by atoms with Crippen LogP contribution in [0.2, 0.25) is 0 Å². The number of anilines is 2. The lowest BCUT2D eigenvalue weighted by atomic mass is 9.96. The number of nitriles is 1. The van der Waals surface area contributed by atoms with Gasteiger partial charge in [0.15, 0.2) is 0 Å². The third-order valence-corrected chi connectivity index (χ3v) is 7.50. The Morgan fingerprint density at radius 1 is 1.09 bits per heavy atom. The second kappa shape index (κ2) is 9.53. The molecule has 1 heterocycles. The molecule has 7 nitrogen and oxygen atoms in total. The summed E-state index contributed by atoms with van der Waals surface area (Å²) in [5.74, 6) is -0.137. The summed E-state index contributed by atoms with van der Waals surface area (Å²) in [4.78, 5) is 12.9. The van der Waals surface area contributed by atoms with E-state index < -0.39 is 15.6 Å². The van der Waals surface area contributed by atoms with Gasteiger partial charge in [0.2, 0.25) is 15.9 Å². The van der Waals surface area contributed by atoms with E-state index in [-0.39, 0.29) is 23.1 Å². The zero-order valence-electron chi connectivity index (χ0n) is 19.9. The predicted molar refractivity (Wildman–Crippen MR) is 138 cm³/mol. The number of rotatable bonds is 6. The van der Waals surface area contributed by atoms with E-state index in [1.807, 2.05) is 12.1 Å². The van der Waals surface area contributed by atoms with E-state index in [0.717, 1.165) is 16.8 Å². The summed E-state index contributed by atoms with van der Waals surface area (Å²) in [6, 6.07) is 21.6. The number of benzene rings is 3. The van der Waals surface area contributed by atoms with E-state index in [2.05, 4.69) is 21.4 Å². The third-order valence-electron chi connectivity index (χ3n) is 5.69. The number of nitrogens with zero attached hydrogens (tertiary/aromatic N) is 1. The molecule has 180 valence electrons. The average Bonchev–Trinajstić information content (AvgIpc) is 3.19. The Kier molecular flexibility index (Phi) is 6.66. The van der Waals surface area contributed by atoms with Crippen molar-refractivity contribution >= 4 is 27.3 Å². The van der Waals surface area contributed by atoms with Gasteiger partial charge in [0.25, 0.3) is 0 Å². The largest absolute Gasteiger partial charge is 0.384 e. The van der Waals surface area contributed by atoms with Gasteiger partial charge in [0.1, 0.15) is 0 Å². The van der Waals surface area contributed by atoms with E-state index in [9.17, 15) is 13.2 Å². The first-order valence-corrected chi connectivity index (χ1v) is 12.9. The topological polar surface area (TPSA) is 111 Å². The maximum Gasteiger partial charge on any atom is 0.241 e. The van der Waals surface area contributed by atoms with Crippen LogP contribution in [0.3, 0.4) is 0 Å². The summed E-state index contributed by atoms with van der Waals surface area (Å²) in [7, 11) is -3.71. The minimum Gasteiger partial charge on any atom is -0.384 e. The lowest BCUT2D eigenvalue weighted by Gasteiger charge is -2.21. The zero-order valence-corrected chi connectivity index (χ0v) is 20.7. The Labute approximate surface area is 206 Å². The van der Waals surface area contributed by atoms with Crippen LogP contribution >= 0.6 is 0 Å². The predicted octanol–water partition coefficient (Wildman–Crippen LogP) is 4.84. The molecule has 0 radical (unpaired) electrons. The van der Waals surface area contributed by atoms with Crippen LogP contribution in [0.15, 0.2) is 71.6 Å². The molecule has 0 aromatic heterocycles.